The summed E-state index contributed by atoms with van der Waals surface area (Å²) >= 11 is 0. The van der Waals surface area contributed by atoms with Gasteiger partial charge in [0.25, 0.3) is 0 Å². The molecule has 0 aromatic heterocycles. The smallest absolute Gasteiger partial charge is 0.355 e. The summed E-state index contributed by atoms with van der Waals surface area (Å²) < 4.78 is 43.9. The quantitative estimate of drug-likeness (QED) is 0.509. The number of rotatable bonds is 8. The molecule has 0 heterocycles. The predicted octanol–water partition coefficient (Wildman–Crippen LogP) is 1.93. The monoisotopic (exact) mass is 229 g/mol. The van der Waals surface area contributed by atoms with Crippen LogP contribution in [0.2, 0.25) is 0 Å². The fraction of sp³-hybridized carbons (Fsp3) is 1.00. The van der Waals surface area contributed by atoms with Gasteiger partial charge in [-0.2, -0.15) is 13.2 Å². The second-order valence-corrected chi connectivity index (χ2v) is 3.45. The van der Waals surface area contributed by atoms with Gasteiger partial charge in [-0.1, -0.05) is 13.8 Å². The maximum absolute atomic E-state index is 11.6. The summed E-state index contributed by atoms with van der Waals surface area (Å²) in [4.78, 5) is 0. The third kappa shape index (κ3) is 13.7. The Hall–Kier alpha value is -0.330. The van der Waals surface area contributed by atoms with Crippen LogP contribution in [0.1, 0.15) is 20.3 Å². The van der Waals surface area contributed by atoms with Crippen molar-refractivity contribution in [2.45, 2.75) is 32.5 Å². The Morgan fingerprint density at radius 2 is 1.87 bits per heavy atom. The van der Waals surface area contributed by atoms with Crippen molar-refractivity contribution >= 4 is 0 Å². The second-order valence-electron chi connectivity index (χ2n) is 3.45. The van der Waals surface area contributed by atoms with Gasteiger partial charge in [0.15, 0.2) is 0 Å². The first-order chi connectivity index (χ1) is 6.92. The fourth-order valence-electron chi connectivity index (χ4n) is 0.840. The van der Waals surface area contributed by atoms with Crippen molar-refractivity contribution in [3.8, 4) is 0 Å². The van der Waals surface area contributed by atoms with Crippen LogP contribution in [-0.2, 0) is 9.47 Å². The van der Waals surface area contributed by atoms with E-state index in [2.05, 4.69) is 10.1 Å². The zero-order chi connectivity index (χ0) is 11.7. The van der Waals surface area contributed by atoms with Gasteiger partial charge in [-0.05, 0) is 13.0 Å². The van der Waals surface area contributed by atoms with Gasteiger partial charge in [0.05, 0.1) is 6.61 Å². The number of alkyl halides is 3. The van der Waals surface area contributed by atoms with E-state index in [0.717, 1.165) is 13.0 Å². The van der Waals surface area contributed by atoms with E-state index in [1.165, 1.54) is 0 Å². The molecule has 3 nitrogen and oxygen atoms in total. The van der Waals surface area contributed by atoms with Crippen molar-refractivity contribution in [1.29, 1.82) is 0 Å². The number of hydrogen-bond acceptors (Lipinski definition) is 3. The normalized spacial score (nSPS) is 12.4. The van der Waals surface area contributed by atoms with E-state index in [-0.39, 0.29) is 6.79 Å². The highest BCUT2D eigenvalue weighted by atomic mass is 19.4. The molecule has 0 atom stereocenters. The summed E-state index contributed by atoms with van der Waals surface area (Å²) in [7, 11) is 0. The van der Waals surface area contributed by atoms with Gasteiger partial charge >= 0.3 is 6.18 Å². The van der Waals surface area contributed by atoms with E-state index >= 15 is 0 Å². The molecular formula is C9H18F3NO2. The van der Waals surface area contributed by atoms with E-state index in [9.17, 15) is 13.2 Å². The lowest BCUT2D eigenvalue weighted by atomic mass is 10.3. The first-order valence-corrected chi connectivity index (χ1v) is 4.87. The summed E-state index contributed by atoms with van der Waals surface area (Å²) in [5.74, 6) is 0. The van der Waals surface area contributed by atoms with E-state index in [1.54, 1.807) is 0 Å². The topological polar surface area (TPSA) is 30.5 Å². The number of ether oxygens (including phenoxy) is 2. The summed E-state index contributed by atoms with van der Waals surface area (Å²) in [5.41, 5.74) is 0. The van der Waals surface area contributed by atoms with Gasteiger partial charge in [-0.25, -0.2) is 0 Å². The first kappa shape index (κ1) is 14.7. The molecule has 0 rings (SSSR count). The molecule has 0 radical (unpaired) electrons. The second kappa shape index (κ2) is 7.90. The van der Waals surface area contributed by atoms with Crippen LogP contribution in [0.5, 0.6) is 0 Å². The maximum atomic E-state index is 11.6. The molecular weight excluding hydrogens is 211 g/mol. The van der Waals surface area contributed by atoms with Gasteiger partial charge in [-0.3, -0.25) is 0 Å². The van der Waals surface area contributed by atoms with Gasteiger partial charge in [0.1, 0.15) is 13.4 Å². The van der Waals surface area contributed by atoms with E-state index in [4.69, 9.17) is 4.74 Å². The van der Waals surface area contributed by atoms with Gasteiger partial charge in [0, 0.05) is 6.04 Å². The summed E-state index contributed by atoms with van der Waals surface area (Å²) in [6.07, 6.45) is -3.52. The minimum absolute atomic E-state index is 0.304. The molecule has 0 unspecified atom stereocenters. The molecule has 6 heteroatoms. The third-order valence-corrected chi connectivity index (χ3v) is 1.45. The Bertz CT molecular complexity index is 151. The van der Waals surface area contributed by atoms with Crippen LogP contribution < -0.4 is 5.32 Å². The molecule has 0 aliphatic carbocycles. The van der Waals surface area contributed by atoms with Gasteiger partial charge in [-0.15, -0.1) is 0 Å². The van der Waals surface area contributed by atoms with E-state index < -0.39 is 12.8 Å². The average Bonchev–Trinajstić information content (AvgIpc) is 2.07. The molecule has 0 saturated carbocycles. The minimum atomic E-state index is -4.28. The van der Waals surface area contributed by atoms with Crippen molar-refractivity contribution in [1.82, 2.24) is 5.32 Å². The highest BCUT2D eigenvalue weighted by Crippen LogP contribution is 2.14. The lowest BCUT2D eigenvalue weighted by Gasteiger charge is -2.09. The van der Waals surface area contributed by atoms with Gasteiger partial charge in [0.2, 0.25) is 0 Å². The Kier molecular flexibility index (Phi) is 7.72. The molecule has 0 bridgehead atoms. The Morgan fingerprint density at radius 3 is 2.40 bits per heavy atom. The highest BCUT2D eigenvalue weighted by molar-refractivity contribution is 4.51. The van der Waals surface area contributed by atoms with E-state index in [0.29, 0.717) is 12.6 Å². The van der Waals surface area contributed by atoms with Crippen LogP contribution in [-0.4, -0.2) is 38.8 Å². The summed E-state index contributed by atoms with van der Waals surface area (Å²) in [6, 6.07) is 0.409. The molecule has 0 saturated heterocycles. The molecule has 0 amide bonds. The molecule has 0 aromatic carbocycles. The van der Waals surface area contributed by atoms with Crippen LogP contribution in [0.15, 0.2) is 0 Å². The molecule has 15 heavy (non-hydrogen) atoms. The third-order valence-electron chi connectivity index (χ3n) is 1.45. The van der Waals surface area contributed by atoms with E-state index in [1.807, 2.05) is 13.8 Å². The van der Waals surface area contributed by atoms with Gasteiger partial charge < -0.3 is 14.8 Å². The molecule has 92 valence electrons. The molecule has 0 aliphatic rings. The lowest BCUT2D eigenvalue weighted by Crippen LogP contribution is -2.24. The standard InChI is InChI=1S/C9H18F3NO2/c1-8(2)13-4-3-5-14-7-15-6-9(10,11)12/h8,13H,3-7H2,1-2H3. The highest BCUT2D eigenvalue weighted by Gasteiger charge is 2.27. The Balaban J connectivity index is 3.06. The summed E-state index contributed by atoms with van der Waals surface area (Å²) in [6.45, 7) is 3.67. The lowest BCUT2D eigenvalue weighted by molar-refractivity contribution is -0.196. The summed E-state index contributed by atoms with van der Waals surface area (Å²) in [5, 5.41) is 3.16. The number of nitrogens with one attached hydrogen (secondary N) is 1. The van der Waals surface area contributed by atoms with Crippen molar-refractivity contribution < 1.29 is 22.6 Å². The van der Waals surface area contributed by atoms with Crippen molar-refractivity contribution in [3.05, 3.63) is 0 Å². The van der Waals surface area contributed by atoms with Crippen LogP contribution in [0.25, 0.3) is 0 Å². The SMILES string of the molecule is CC(C)NCCCOCOCC(F)(F)F. The zero-order valence-electron chi connectivity index (χ0n) is 9.06. The molecule has 0 aromatic rings. The predicted molar refractivity (Wildman–Crippen MR) is 50.6 cm³/mol. The molecule has 1 N–H and O–H groups in total. The van der Waals surface area contributed by atoms with Crippen molar-refractivity contribution in [2.24, 2.45) is 0 Å². The average molecular weight is 229 g/mol. The Morgan fingerprint density at radius 1 is 1.20 bits per heavy atom. The number of hydrogen-bond donors (Lipinski definition) is 1. The molecule has 0 fully saturated rings. The first-order valence-electron chi connectivity index (χ1n) is 4.87. The number of halogens is 3. The van der Waals surface area contributed by atoms with Crippen LogP contribution >= 0.6 is 0 Å². The van der Waals surface area contributed by atoms with Crippen LogP contribution in [0.3, 0.4) is 0 Å². The zero-order valence-corrected chi connectivity index (χ0v) is 9.06. The Labute approximate surface area is 87.9 Å². The molecule has 0 aliphatic heterocycles. The molecule has 0 spiro atoms. The van der Waals surface area contributed by atoms with Crippen molar-refractivity contribution in [3.63, 3.8) is 0 Å². The van der Waals surface area contributed by atoms with Crippen LogP contribution in [0.4, 0.5) is 13.2 Å². The maximum Gasteiger partial charge on any atom is 0.411 e. The van der Waals surface area contributed by atoms with Crippen molar-refractivity contribution in [2.75, 3.05) is 26.6 Å². The largest absolute Gasteiger partial charge is 0.411 e. The van der Waals surface area contributed by atoms with Crippen LogP contribution in [0, 0.1) is 0 Å². The fourth-order valence-corrected chi connectivity index (χ4v) is 0.840. The minimum Gasteiger partial charge on any atom is -0.355 e.